The molecule has 1 aliphatic carbocycles. The number of pyridine rings is 1. The van der Waals surface area contributed by atoms with E-state index < -0.39 is 0 Å². The standard InChI is InChI=1S/C15H24N2O/c1-11(2)13-6-4-5-7-14(13)17-15-9-8-12(18-3)10-16-15/h8-11,13-14H,4-7H2,1-3H3,(H,16,17). The van der Waals surface area contributed by atoms with Crippen LogP contribution in [0, 0.1) is 11.8 Å². The zero-order valence-corrected chi connectivity index (χ0v) is 11.6. The molecule has 0 spiro atoms. The number of anilines is 1. The normalized spacial score (nSPS) is 24.0. The van der Waals surface area contributed by atoms with Gasteiger partial charge in [-0.3, -0.25) is 0 Å². The molecule has 2 rings (SSSR count). The van der Waals surface area contributed by atoms with Crippen molar-refractivity contribution in [2.75, 3.05) is 12.4 Å². The maximum atomic E-state index is 5.13. The summed E-state index contributed by atoms with van der Waals surface area (Å²) in [6.45, 7) is 4.65. The van der Waals surface area contributed by atoms with Crippen LogP contribution in [0.4, 0.5) is 5.82 Å². The van der Waals surface area contributed by atoms with Gasteiger partial charge in [0.25, 0.3) is 0 Å². The monoisotopic (exact) mass is 248 g/mol. The number of hydrogen-bond acceptors (Lipinski definition) is 3. The first-order chi connectivity index (χ1) is 8.70. The van der Waals surface area contributed by atoms with Gasteiger partial charge in [0, 0.05) is 6.04 Å². The Hall–Kier alpha value is -1.25. The first-order valence-corrected chi connectivity index (χ1v) is 6.97. The Kier molecular flexibility index (Phi) is 4.45. The number of aromatic nitrogens is 1. The second-order valence-corrected chi connectivity index (χ2v) is 5.53. The van der Waals surface area contributed by atoms with Gasteiger partial charge < -0.3 is 10.1 Å². The van der Waals surface area contributed by atoms with Gasteiger partial charge in [-0.15, -0.1) is 0 Å². The summed E-state index contributed by atoms with van der Waals surface area (Å²) in [5, 5.41) is 3.60. The number of methoxy groups -OCH3 is 1. The quantitative estimate of drug-likeness (QED) is 0.882. The molecular formula is C15H24N2O. The first kappa shape index (κ1) is 13.2. The number of hydrogen-bond donors (Lipinski definition) is 1. The highest BCUT2D eigenvalue weighted by atomic mass is 16.5. The van der Waals surface area contributed by atoms with Crippen LogP contribution in [0.15, 0.2) is 18.3 Å². The Bertz CT molecular complexity index is 361. The second kappa shape index (κ2) is 6.07. The fraction of sp³-hybridized carbons (Fsp3) is 0.667. The van der Waals surface area contributed by atoms with Gasteiger partial charge in [0.1, 0.15) is 11.6 Å². The summed E-state index contributed by atoms with van der Waals surface area (Å²) in [4.78, 5) is 4.40. The third kappa shape index (κ3) is 3.15. The lowest BCUT2D eigenvalue weighted by molar-refractivity contribution is 0.253. The van der Waals surface area contributed by atoms with Crippen molar-refractivity contribution in [3.05, 3.63) is 18.3 Å². The molecule has 1 saturated carbocycles. The van der Waals surface area contributed by atoms with E-state index in [1.165, 1.54) is 25.7 Å². The third-order valence-electron chi connectivity index (χ3n) is 3.98. The highest BCUT2D eigenvalue weighted by molar-refractivity contribution is 5.38. The molecule has 0 aromatic carbocycles. The van der Waals surface area contributed by atoms with E-state index in [9.17, 15) is 0 Å². The maximum Gasteiger partial charge on any atom is 0.137 e. The van der Waals surface area contributed by atoms with Crippen molar-refractivity contribution >= 4 is 5.82 Å². The molecule has 0 radical (unpaired) electrons. The Morgan fingerprint density at radius 2 is 2.06 bits per heavy atom. The van der Waals surface area contributed by atoms with Crippen LogP contribution in [0.25, 0.3) is 0 Å². The number of nitrogens with one attached hydrogen (secondary N) is 1. The molecule has 3 heteroatoms. The van der Waals surface area contributed by atoms with E-state index in [0.717, 1.165) is 23.4 Å². The SMILES string of the molecule is COc1ccc(NC2CCCCC2C(C)C)nc1. The van der Waals surface area contributed by atoms with E-state index in [2.05, 4.69) is 24.1 Å². The van der Waals surface area contributed by atoms with Gasteiger partial charge in [0.05, 0.1) is 13.3 Å². The van der Waals surface area contributed by atoms with Gasteiger partial charge in [-0.25, -0.2) is 4.98 Å². The third-order valence-corrected chi connectivity index (χ3v) is 3.98. The molecule has 100 valence electrons. The van der Waals surface area contributed by atoms with Crippen LogP contribution in [0.3, 0.4) is 0 Å². The fourth-order valence-electron chi connectivity index (χ4n) is 2.91. The lowest BCUT2D eigenvalue weighted by Crippen LogP contribution is -2.35. The Morgan fingerprint density at radius 1 is 1.28 bits per heavy atom. The summed E-state index contributed by atoms with van der Waals surface area (Å²) in [6, 6.07) is 4.53. The molecule has 1 aliphatic rings. The second-order valence-electron chi connectivity index (χ2n) is 5.53. The maximum absolute atomic E-state index is 5.13. The molecule has 1 aromatic heterocycles. The first-order valence-electron chi connectivity index (χ1n) is 6.97. The number of ether oxygens (including phenoxy) is 1. The molecule has 0 amide bonds. The number of rotatable bonds is 4. The average molecular weight is 248 g/mol. The van der Waals surface area contributed by atoms with Crippen LogP contribution < -0.4 is 10.1 Å². The van der Waals surface area contributed by atoms with Crippen LogP contribution in [-0.4, -0.2) is 18.1 Å². The van der Waals surface area contributed by atoms with Crippen LogP contribution in [-0.2, 0) is 0 Å². The molecule has 3 nitrogen and oxygen atoms in total. The molecule has 0 bridgehead atoms. The molecule has 1 fully saturated rings. The average Bonchev–Trinajstić information content (AvgIpc) is 2.40. The summed E-state index contributed by atoms with van der Waals surface area (Å²) in [7, 11) is 1.67. The number of nitrogens with zero attached hydrogens (tertiary/aromatic N) is 1. The summed E-state index contributed by atoms with van der Waals surface area (Å²) in [5.74, 6) is 3.28. The smallest absolute Gasteiger partial charge is 0.137 e. The summed E-state index contributed by atoms with van der Waals surface area (Å²) < 4.78 is 5.13. The molecule has 1 heterocycles. The van der Waals surface area contributed by atoms with Crippen molar-refractivity contribution in [2.45, 2.75) is 45.6 Å². The van der Waals surface area contributed by atoms with Crippen LogP contribution in [0.2, 0.25) is 0 Å². The van der Waals surface area contributed by atoms with Gasteiger partial charge in [-0.05, 0) is 36.8 Å². The minimum absolute atomic E-state index is 0.569. The summed E-state index contributed by atoms with van der Waals surface area (Å²) in [5.41, 5.74) is 0. The van der Waals surface area contributed by atoms with Crippen LogP contribution in [0.1, 0.15) is 39.5 Å². The summed E-state index contributed by atoms with van der Waals surface area (Å²) >= 11 is 0. The minimum Gasteiger partial charge on any atom is -0.495 e. The minimum atomic E-state index is 0.569. The van der Waals surface area contributed by atoms with Gasteiger partial charge in [-0.2, -0.15) is 0 Å². The van der Waals surface area contributed by atoms with Crippen molar-refractivity contribution in [3.63, 3.8) is 0 Å². The highest BCUT2D eigenvalue weighted by Crippen LogP contribution is 2.32. The molecule has 0 aliphatic heterocycles. The van der Waals surface area contributed by atoms with Gasteiger partial charge >= 0.3 is 0 Å². The summed E-state index contributed by atoms with van der Waals surface area (Å²) in [6.07, 6.45) is 7.08. The van der Waals surface area contributed by atoms with E-state index in [1.807, 2.05) is 12.1 Å². The van der Waals surface area contributed by atoms with Crippen molar-refractivity contribution < 1.29 is 4.74 Å². The fourth-order valence-corrected chi connectivity index (χ4v) is 2.91. The zero-order chi connectivity index (χ0) is 13.0. The van der Waals surface area contributed by atoms with Gasteiger partial charge in [-0.1, -0.05) is 26.7 Å². The molecule has 1 aromatic rings. The van der Waals surface area contributed by atoms with Crippen LogP contribution in [0.5, 0.6) is 5.75 Å². The van der Waals surface area contributed by atoms with E-state index >= 15 is 0 Å². The predicted molar refractivity (Wildman–Crippen MR) is 75.0 cm³/mol. The zero-order valence-electron chi connectivity index (χ0n) is 11.6. The van der Waals surface area contributed by atoms with E-state index in [4.69, 9.17) is 4.74 Å². The van der Waals surface area contributed by atoms with E-state index in [-0.39, 0.29) is 0 Å². The topological polar surface area (TPSA) is 34.1 Å². The van der Waals surface area contributed by atoms with Crippen molar-refractivity contribution in [1.82, 2.24) is 4.98 Å². The van der Waals surface area contributed by atoms with Crippen molar-refractivity contribution in [2.24, 2.45) is 11.8 Å². The predicted octanol–water partition coefficient (Wildman–Crippen LogP) is 3.72. The Labute approximate surface area is 110 Å². The molecule has 0 saturated heterocycles. The largest absolute Gasteiger partial charge is 0.495 e. The molecular weight excluding hydrogens is 224 g/mol. The Balaban J connectivity index is 2.01. The Morgan fingerprint density at radius 3 is 2.67 bits per heavy atom. The molecule has 18 heavy (non-hydrogen) atoms. The lowest BCUT2D eigenvalue weighted by atomic mass is 9.78. The van der Waals surface area contributed by atoms with Crippen molar-refractivity contribution in [3.8, 4) is 5.75 Å². The molecule has 1 N–H and O–H groups in total. The van der Waals surface area contributed by atoms with Crippen LogP contribution >= 0.6 is 0 Å². The molecule has 2 unspecified atom stereocenters. The van der Waals surface area contributed by atoms with E-state index in [1.54, 1.807) is 13.3 Å². The van der Waals surface area contributed by atoms with E-state index in [0.29, 0.717) is 6.04 Å². The van der Waals surface area contributed by atoms with Gasteiger partial charge in [0.2, 0.25) is 0 Å². The van der Waals surface area contributed by atoms with Gasteiger partial charge in [0.15, 0.2) is 0 Å². The highest BCUT2D eigenvalue weighted by Gasteiger charge is 2.27. The molecule has 2 atom stereocenters. The van der Waals surface area contributed by atoms with Crippen molar-refractivity contribution in [1.29, 1.82) is 0 Å². The lowest BCUT2D eigenvalue weighted by Gasteiger charge is -2.35.